The van der Waals surface area contributed by atoms with E-state index in [4.69, 9.17) is 13.8 Å². The minimum Gasteiger partial charge on any atom is -0.504 e. The van der Waals surface area contributed by atoms with E-state index in [9.17, 15) is 9.67 Å². The van der Waals surface area contributed by atoms with Crippen LogP contribution in [0.1, 0.15) is 31.4 Å². The van der Waals surface area contributed by atoms with E-state index in [2.05, 4.69) is 4.98 Å². The number of pyridine rings is 1. The Kier molecular flexibility index (Phi) is 6.83. The van der Waals surface area contributed by atoms with Gasteiger partial charge in [-0.25, -0.2) is 4.57 Å². The molecule has 2 aromatic rings. The fraction of sp³-hybridized carbons (Fsp3) is 0.316. The second-order valence-electron chi connectivity index (χ2n) is 5.54. The van der Waals surface area contributed by atoms with Gasteiger partial charge in [0.2, 0.25) is 0 Å². The number of hydrogen-bond acceptors (Lipinski definition) is 6. The summed E-state index contributed by atoms with van der Waals surface area (Å²) < 4.78 is 30.2. The molecule has 0 saturated heterocycles. The number of methoxy groups -OCH3 is 1. The van der Waals surface area contributed by atoms with Crippen LogP contribution in [0.15, 0.2) is 42.7 Å². The maximum atomic E-state index is 13.6. The highest BCUT2D eigenvalue weighted by molar-refractivity contribution is 7.65. The lowest BCUT2D eigenvalue weighted by molar-refractivity contribution is 0.289. The number of benzene rings is 1. The van der Waals surface area contributed by atoms with Gasteiger partial charge in [-0.05, 0) is 38.0 Å². The molecular weight excluding hydrogens is 353 g/mol. The Morgan fingerprint density at radius 1 is 1.35 bits per heavy atom. The Morgan fingerprint density at radius 3 is 2.69 bits per heavy atom. The quantitative estimate of drug-likeness (QED) is 0.640. The highest BCUT2D eigenvalue weighted by Crippen LogP contribution is 2.60. The summed E-state index contributed by atoms with van der Waals surface area (Å²) in [5.41, 5.74) is 1.22. The molecule has 0 fully saturated rings. The van der Waals surface area contributed by atoms with Crippen molar-refractivity contribution in [2.45, 2.75) is 27.2 Å². The summed E-state index contributed by atoms with van der Waals surface area (Å²) in [6.07, 6.45) is 5.74. The number of allylic oxidation sites excluding steroid dienone is 1. The van der Waals surface area contributed by atoms with Crippen LogP contribution in [0.25, 0.3) is 5.31 Å². The van der Waals surface area contributed by atoms with E-state index in [0.29, 0.717) is 28.6 Å². The molecule has 0 aliphatic heterocycles. The third-order valence-electron chi connectivity index (χ3n) is 3.63. The van der Waals surface area contributed by atoms with Crippen molar-refractivity contribution >= 4 is 12.9 Å². The van der Waals surface area contributed by atoms with Gasteiger partial charge in [0.05, 0.1) is 19.0 Å². The van der Waals surface area contributed by atoms with Crippen LogP contribution in [0.4, 0.5) is 0 Å². The molecule has 1 aromatic carbocycles. The molecule has 26 heavy (non-hydrogen) atoms. The van der Waals surface area contributed by atoms with Gasteiger partial charge >= 0.3 is 7.60 Å². The topological polar surface area (TPSA) is 77.9 Å². The molecule has 0 aliphatic carbocycles. The lowest BCUT2D eigenvalue weighted by atomic mass is 10.2. The van der Waals surface area contributed by atoms with Crippen molar-refractivity contribution in [2.24, 2.45) is 0 Å². The third kappa shape index (κ3) is 4.45. The molecule has 0 bridgehead atoms. The first kappa shape index (κ1) is 20.0. The fourth-order valence-electron chi connectivity index (χ4n) is 2.47. The van der Waals surface area contributed by atoms with Crippen molar-refractivity contribution in [1.82, 2.24) is 4.98 Å². The molecule has 1 atom stereocenters. The van der Waals surface area contributed by atoms with Gasteiger partial charge in [-0.3, -0.25) is 9.51 Å². The maximum absolute atomic E-state index is 13.6. The standard InChI is InChI=1S/C19H24NO5P/c1-5-8-18(15-9-7-10-20-13-15)26(22,24-6-2)25-16-11-14(3)19(21)17(12-16)23-4/h7-13,21H,5-6H2,1-4H3/b18-8+. The van der Waals surface area contributed by atoms with E-state index in [0.717, 1.165) is 0 Å². The lowest BCUT2D eigenvalue weighted by Gasteiger charge is -2.22. The highest BCUT2D eigenvalue weighted by Gasteiger charge is 2.33. The van der Waals surface area contributed by atoms with E-state index < -0.39 is 7.60 Å². The van der Waals surface area contributed by atoms with Crippen LogP contribution in [0, 0.1) is 6.92 Å². The Balaban J connectivity index is 2.51. The van der Waals surface area contributed by atoms with Crippen molar-refractivity contribution in [1.29, 1.82) is 0 Å². The number of aryl methyl sites for hydroxylation is 1. The summed E-state index contributed by atoms with van der Waals surface area (Å²) in [6, 6.07) is 6.66. The van der Waals surface area contributed by atoms with Crippen molar-refractivity contribution in [3.63, 3.8) is 0 Å². The lowest BCUT2D eigenvalue weighted by Crippen LogP contribution is -2.02. The molecule has 1 heterocycles. The van der Waals surface area contributed by atoms with Crippen molar-refractivity contribution in [3.05, 3.63) is 53.9 Å². The van der Waals surface area contributed by atoms with Gasteiger partial charge in [-0.15, -0.1) is 0 Å². The van der Waals surface area contributed by atoms with Gasteiger partial charge < -0.3 is 14.4 Å². The fourth-order valence-corrected chi connectivity index (χ4v) is 4.34. The molecule has 1 unspecified atom stereocenters. The van der Waals surface area contributed by atoms with Crippen LogP contribution in [-0.4, -0.2) is 23.8 Å². The summed E-state index contributed by atoms with van der Waals surface area (Å²) in [5, 5.41) is 10.5. The summed E-state index contributed by atoms with van der Waals surface area (Å²) in [5.74, 6) is 0.549. The second-order valence-corrected chi connectivity index (χ2v) is 7.45. The maximum Gasteiger partial charge on any atom is 0.411 e. The Labute approximate surface area is 154 Å². The number of nitrogens with zero attached hydrogens (tertiary/aromatic N) is 1. The molecule has 0 saturated carbocycles. The molecule has 7 heteroatoms. The summed E-state index contributed by atoms with van der Waals surface area (Å²) in [7, 11) is -2.23. The Hall–Kier alpha value is -2.30. The van der Waals surface area contributed by atoms with Gasteiger partial charge in [0.25, 0.3) is 0 Å². The van der Waals surface area contributed by atoms with Gasteiger partial charge in [0.15, 0.2) is 11.5 Å². The number of rotatable bonds is 8. The first-order valence-electron chi connectivity index (χ1n) is 8.38. The Bertz CT molecular complexity index is 820. The average molecular weight is 377 g/mol. The van der Waals surface area contributed by atoms with Gasteiger partial charge in [-0.1, -0.05) is 19.1 Å². The second kappa shape index (κ2) is 8.88. The highest BCUT2D eigenvalue weighted by atomic mass is 31.2. The molecule has 0 radical (unpaired) electrons. The van der Waals surface area contributed by atoms with Crippen LogP contribution < -0.4 is 9.26 Å². The van der Waals surface area contributed by atoms with Crippen molar-refractivity contribution in [2.75, 3.05) is 13.7 Å². The van der Waals surface area contributed by atoms with Crippen LogP contribution in [0.3, 0.4) is 0 Å². The zero-order chi connectivity index (χ0) is 19.2. The van der Waals surface area contributed by atoms with Gasteiger partial charge in [0, 0.05) is 24.0 Å². The molecule has 140 valence electrons. The minimum absolute atomic E-state index is 0.0164. The molecule has 2 rings (SSSR count). The number of aromatic nitrogens is 1. The van der Waals surface area contributed by atoms with Gasteiger partial charge in [0.1, 0.15) is 5.75 Å². The third-order valence-corrected chi connectivity index (χ3v) is 5.71. The zero-order valence-electron chi connectivity index (χ0n) is 15.4. The monoisotopic (exact) mass is 377 g/mol. The Morgan fingerprint density at radius 2 is 2.12 bits per heavy atom. The average Bonchev–Trinajstić information content (AvgIpc) is 2.63. The number of ether oxygens (including phenoxy) is 1. The smallest absolute Gasteiger partial charge is 0.411 e. The SMILES string of the molecule is CC/C=C(\c1cccnc1)P(=O)(OCC)Oc1cc(C)c(O)c(OC)c1. The number of aromatic hydroxyl groups is 1. The van der Waals surface area contributed by atoms with E-state index in [1.165, 1.54) is 13.2 Å². The predicted molar refractivity (Wildman–Crippen MR) is 102 cm³/mol. The summed E-state index contributed by atoms with van der Waals surface area (Å²) in [4.78, 5) is 4.10. The molecule has 6 nitrogen and oxygen atoms in total. The van der Waals surface area contributed by atoms with E-state index >= 15 is 0 Å². The largest absolute Gasteiger partial charge is 0.504 e. The van der Waals surface area contributed by atoms with Crippen molar-refractivity contribution in [3.8, 4) is 17.2 Å². The molecule has 0 spiro atoms. The summed E-state index contributed by atoms with van der Waals surface area (Å²) >= 11 is 0. The predicted octanol–water partition coefficient (Wildman–Crippen LogP) is 5.16. The number of hydrogen-bond donors (Lipinski definition) is 1. The van der Waals surface area contributed by atoms with E-state index in [-0.39, 0.29) is 18.1 Å². The van der Waals surface area contributed by atoms with E-state index in [1.54, 1.807) is 38.4 Å². The van der Waals surface area contributed by atoms with Gasteiger partial charge in [-0.2, -0.15) is 0 Å². The van der Waals surface area contributed by atoms with Crippen LogP contribution in [-0.2, 0) is 9.09 Å². The van der Waals surface area contributed by atoms with E-state index in [1.807, 2.05) is 19.1 Å². The molecule has 1 aromatic heterocycles. The molecule has 0 amide bonds. The number of phenolic OH excluding ortho intramolecular Hbond substituents is 1. The van der Waals surface area contributed by atoms with Crippen LogP contribution >= 0.6 is 7.60 Å². The zero-order valence-corrected chi connectivity index (χ0v) is 16.3. The first-order valence-corrected chi connectivity index (χ1v) is 9.92. The molecular formula is C19H24NO5P. The summed E-state index contributed by atoms with van der Waals surface area (Å²) in [6.45, 7) is 5.62. The number of phenols is 1. The normalized spacial score (nSPS) is 13.9. The van der Waals surface area contributed by atoms with Crippen molar-refractivity contribution < 1.29 is 23.5 Å². The molecule has 1 N–H and O–H groups in total. The van der Waals surface area contributed by atoms with Crippen LogP contribution in [0.2, 0.25) is 0 Å². The minimum atomic E-state index is -3.67. The van der Waals surface area contributed by atoms with Crippen LogP contribution in [0.5, 0.6) is 17.2 Å². The molecule has 0 aliphatic rings. The first-order chi connectivity index (χ1) is 12.4.